The molecular weight excluding hydrogens is 430 g/mol. The molecule has 11 nitrogen and oxygen atoms in total. The Bertz CT molecular complexity index is 1160. The number of nitrogens with one attached hydrogen (secondary N) is 3. The summed E-state index contributed by atoms with van der Waals surface area (Å²) >= 11 is 5.10. The fourth-order valence-corrected chi connectivity index (χ4v) is 3.47. The summed E-state index contributed by atoms with van der Waals surface area (Å²) in [5.41, 5.74) is 0.709. The van der Waals surface area contributed by atoms with E-state index in [0.717, 1.165) is 0 Å². The zero-order valence-electron chi connectivity index (χ0n) is 15.9. The second-order valence-corrected chi connectivity index (χ2v) is 7.96. The second-order valence-electron chi connectivity index (χ2n) is 5.87. The van der Waals surface area contributed by atoms with Gasteiger partial charge in [-0.3, -0.25) is 19.5 Å². The van der Waals surface area contributed by atoms with Crippen LogP contribution in [0.3, 0.4) is 0 Å². The minimum atomic E-state index is -3.87. The first-order chi connectivity index (χ1) is 14.3. The number of carbonyl (C=O) groups is 1. The Morgan fingerprint density at radius 3 is 2.40 bits per heavy atom. The van der Waals surface area contributed by atoms with Gasteiger partial charge in [0.25, 0.3) is 15.9 Å². The molecule has 0 aliphatic rings. The summed E-state index contributed by atoms with van der Waals surface area (Å²) in [6.45, 7) is 0. The summed E-state index contributed by atoms with van der Waals surface area (Å²) in [7, 11) is -0.742. The molecule has 0 radical (unpaired) electrons. The van der Waals surface area contributed by atoms with Gasteiger partial charge in [0.1, 0.15) is 0 Å². The average molecular weight is 448 g/mol. The lowest BCUT2D eigenvalue weighted by Gasteiger charge is -2.10. The molecule has 2 heterocycles. The van der Waals surface area contributed by atoms with Gasteiger partial charge in [0, 0.05) is 25.0 Å². The van der Waals surface area contributed by atoms with Crippen molar-refractivity contribution in [3.63, 3.8) is 0 Å². The lowest BCUT2D eigenvalue weighted by atomic mass is 10.3. The summed E-state index contributed by atoms with van der Waals surface area (Å²) in [5.74, 6) is -0.145. The summed E-state index contributed by atoms with van der Waals surface area (Å²) in [4.78, 5) is 12.0. The van der Waals surface area contributed by atoms with Gasteiger partial charge in [0.05, 0.1) is 12.0 Å². The van der Waals surface area contributed by atoms with Crippen LogP contribution >= 0.6 is 12.2 Å². The monoisotopic (exact) mass is 447 g/mol. The Balaban J connectivity index is 1.61. The Hall–Kier alpha value is -3.58. The van der Waals surface area contributed by atoms with Gasteiger partial charge in [-0.25, -0.2) is 8.42 Å². The maximum absolute atomic E-state index is 12.5. The van der Waals surface area contributed by atoms with E-state index in [-0.39, 0.29) is 27.4 Å². The van der Waals surface area contributed by atoms with E-state index in [9.17, 15) is 13.2 Å². The Kier molecular flexibility index (Phi) is 6.23. The lowest BCUT2D eigenvalue weighted by molar-refractivity contribution is 0.0972. The van der Waals surface area contributed by atoms with Crippen molar-refractivity contribution in [2.24, 2.45) is 7.05 Å². The van der Waals surface area contributed by atoms with Crippen LogP contribution in [0.2, 0.25) is 0 Å². The van der Waals surface area contributed by atoms with Gasteiger partial charge < -0.3 is 10.1 Å². The molecule has 0 saturated carbocycles. The highest BCUT2D eigenvalue weighted by Crippen LogP contribution is 2.17. The van der Waals surface area contributed by atoms with Gasteiger partial charge in [-0.1, -0.05) is 0 Å². The fraction of sp³-hybridized carbons (Fsp3) is 0.118. The molecule has 0 unspecified atom stereocenters. The first kappa shape index (κ1) is 21.1. The van der Waals surface area contributed by atoms with Crippen molar-refractivity contribution in [2.45, 2.75) is 4.90 Å². The third-order valence-corrected chi connectivity index (χ3v) is 5.26. The Morgan fingerprint density at radius 1 is 1.10 bits per heavy atom. The van der Waals surface area contributed by atoms with Gasteiger partial charge >= 0.3 is 0 Å². The molecule has 0 spiro atoms. The highest BCUT2D eigenvalue weighted by Gasteiger charge is 2.16. The summed E-state index contributed by atoms with van der Waals surface area (Å²) in [5, 5.41) is 16.8. The van der Waals surface area contributed by atoms with Crippen LogP contribution in [0.25, 0.3) is 0 Å². The van der Waals surface area contributed by atoms with Gasteiger partial charge in [0.15, 0.2) is 16.6 Å². The third-order valence-electron chi connectivity index (χ3n) is 3.68. The Labute approximate surface area is 177 Å². The number of benzene rings is 1. The molecule has 156 valence electrons. The van der Waals surface area contributed by atoms with Crippen molar-refractivity contribution in [3.8, 4) is 5.88 Å². The molecule has 0 aliphatic carbocycles. The van der Waals surface area contributed by atoms with E-state index in [0.29, 0.717) is 5.69 Å². The van der Waals surface area contributed by atoms with Crippen molar-refractivity contribution in [1.82, 2.24) is 25.3 Å². The normalized spacial score (nSPS) is 10.9. The number of thiocarbonyl (C=S) groups is 1. The average Bonchev–Trinajstić information content (AvgIpc) is 3.15. The predicted octanol–water partition coefficient (Wildman–Crippen LogP) is 1.15. The topological polar surface area (TPSA) is 140 Å². The number of nitrogens with zero attached hydrogens (tertiary/aromatic N) is 4. The molecule has 13 heteroatoms. The van der Waals surface area contributed by atoms with E-state index in [1.54, 1.807) is 19.3 Å². The van der Waals surface area contributed by atoms with Crippen LogP contribution in [0.5, 0.6) is 5.88 Å². The zero-order chi connectivity index (χ0) is 21.7. The van der Waals surface area contributed by atoms with Crippen LogP contribution < -0.4 is 20.1 Å². The van der Waals surface area contributed by atoms with E-state index >= 15 is 0 Å². The zero-order valence-corrected chi connectivity index (χ0v) is 17.5. The number of sulfonamides is 1. The number of rotatable bonds is 6. The molecule has 2 aromatic heterocycles. The largest absolute Gasteiger partial charge is 0.480 e. The van der Waals surface area contributed by atoms with Crippen molar-refractivity contribution >= 4 is 44.8 Å². The highest BCUT2D eigenvalue weighted by atomic mass is 32.2. The number of aromatic nitrogens is 4. The summed E-state index contributed by atoms with van der Waals surface area (Å²) in [6.07, 6.45) is 1.64. The van der Waals surface area contributed by atoms with Crippen molar-refractivity contribution in [3.05, 3.63) is 54.4 Å². The number of methoxy groups -OCH3 is 1. The number of carbonyl (C=O) groups excluding carboxylic acids is 1. The van der Waals surface area contributed by atoms with E-state index in [1.165, 1.54) is 48.2 Å². The van der Waals surface area contributed by atoms with Crippen LogP contribution in [0.1, 0.15) is 10.5 Å². The maximum atomic E-state index is 12.5. The molecule has 3 aromatic rings. The molecule has 0 saturated heterocycles. The van der Waals surface area contributed by atoms with Crippen molar-refractivity contribution in [1.29, 1.82) is 0 Å². The molecule has 1 aromatic carbocycles. The van der Waals surface area contributed by atoms with E-state index < -0.39 is 15.9 Å². The molecule has 30 heavy (non-hydrogen) atoms. The van der Waals surface area contributed by atoms with Crippen molar-refractivity contribution in [2.75, 3.05) is 17.1 Å². The van der Waals surface area contributed by atoms with E-state index in [4.69, 9.17) is 17.0 Å². The lowest BCUT2D eigenvalue weighted by Crippen LogP contribution is -2.34. The first-order valence-electron chi connectivity index (χ1n) is 8.39. The van der Waals surface area contributed by atoms with E-state index in [1.807, 2.05) is 0 Å². The molecule has 0 atom stereocenters. The number of amides is 1. The minimum Gasteiger partial charge on any atom is -0.480 e. The van der Waals surface area contributed by atoms with Crippen molar-refractivity contribution < 1.29 is 17.9 Å². The van der Waals surface area contributed by atoms with Gasteiger partial charge in [-0.15, -0.1) is 10.2 Å². The van der Waals surface area contributed by atoms with Crippen LogP contribution in [0.15, 0.2) is 53.6 Å². The maximum Gasteiger partial charge on any atom is 0.277 e. The molecular formula is C17H17N7O4S2. The molecule has 3 rings (SSSR count). The SMILES string of the molecule is COc1ccc(NS(=O)(=O)c2ccc(NC(=S)NC(=O)c3ccn(C)n3)cc2)nn1. The Morgan fingerprint density at radius 2 is 1.83 bits per heavy atom. The second kappa shape index (κ2) is 8.84. The summed E-state index contributed by atoms with van der Waals surface area (Å²) < 4.78 is 33.6. The fourth-order valence-electron chi connectivity index (χ4n) is 2.26. The van der Waals surface area contributed by atoms with Gasteiger partial charge in [-0.2, -0.15) is 5.10 Å². The molecule has 0 fully saturated rings. The van der Waals surface area contributed by atoms with Gasteiger partial charge in [-0.05, 0) is 48.6 Å². The molecule has 3 N–H and O–H groups in total. The third kappa shape index (κ3) is 5.27. The minimum absolute atomic E-state index is 0.00843. The number of anilines is 2. The number of hydrogen-bond acceptors (Lipinski definition) is 8. The van der Waals surface area contributed by atoms with Crippen LogP contribution in [0, 0.1) is 0 Å². The number of hydrogen-bond donors (Lipinski definition) is 3. The quantitative estimate of drug-likeness (QED) is 0.475. The number of aryl methyl sites for hydroxylation is 1. The smallest absolute Gasteiger partial charge is 0.277 e. The molecule has 0 bridgehead atoms. The predicted molar refractivity (Wildman–Crippen MR) is 113 cm³/mol. The number of ether oxygens (including phenoxy) is 1. The summed E-state index contributed by atoms with van der Waals surface area (Å²) in [6, 6.07) is 10.2. The van der Waals surface area contributed by atoms with Crippen LogP contribution in [-0.2, 0) is 17.1 Å². The first-order valence-corrected chi connectivity index (χ1v) is 10.3. The highest BCUT2D eigenvalue weighted by molar-refractivity contribution is 7.92. The van der Waals surface area contributed by atoms with E-state index in [2.05, 4.69) is 30.7 Å². The standard InChI is InChI=1S/C17H17N7O4S2/c1-24-10-9-13(22-24)16(25)19-17(29)18-11-3-5-12(6-4-11)30(26,27)23-14-7-8-15(28-2)21-20-14/h3-10H,1-2H3,(H,20,23)(H2,18,19,25,29). The molecule has 0 aliphatic heterocycles. The van der Waals surface area contributed by atoms with Crippen LogP contribution in [0.4, 0.5) is 11.5 Å². The van der Waals surface area contributed by atoms with Crippen LogP contribution in [-0.4, -0.2) is 46.5 Å². The molecule has 1 amide bonds. The van der Waals surface area contributed by atoms with Gasteiger partial charge in [0.2, 0.25) is 5.88 Å².